The fourth-order valence-corrected chi connectivity index (χ4v) is 2.51. The molecule has 1 amide bonds. The third-order valence-electron chi connectivity index (χ3n) is 3.80. The number of hydrogen-bond donors (Lipinski definition) is 1. The molecule has 0 radical (unpaired) electrons. The minimum atomic E-state index is -0.0304. The summed E-state index contributed by atoms with van der Waals surface area (Å²) in [4.78, 5) is 18.5. The van der Waals surface area contributed by atoms with Crippen molar-refractivity contribution in [1.82, 2.24) is 15.2 Å². The number of pyridine rings is 1. The van der Waals surface area contributed by atoms with Gasteiger partial charge >= 0.3 is 0 Å². The van der Waals surface area contributed by atoms with Crippen molar-refractivity contribution in [2.45, 2.75) is 39.2 Å². The second-order valence-corrected chi connectivity index (χ2v) is 5.32. The topological polar surface area (TPSA) is 45.2 Å². The van der Waals surface area contributed by atoms with E-state index in [1.807, 2.05) is 19.1 Å². The molecule has 19 heavy (non-hydrogen) atoms. The normalized spacial score (nSPS) is 20.2. The van der Waals surface area contributed by atoms with E-state index in [1.54, 1.807) is 6.20 Å². The molecule has 1 saturated heterocycles. The summed E-state index contributed by atoms with van der Waals surface area (Å²) in [7, 11) is 0. The summed E-state index contributed by atoms with van der Waals surface area (Å²) >= 11 is 0. The monoisotopic (exact) mass is 261 g/mol. The zero-order valence-corrected chi connectivity index (χ0v) is 11.9. The number of piperidine rings is 1. The largest absolute Gasteiger partial charge is 0.351 e. The second-order valence-electron chi connectivity index (χ2n) is 5.32. The number of nitrogens with one attached hydrogen (secondary N) is 1. The van der Waals surface area contributed by atoms with E-state index >= 15 is 0 Å². The fourth-order valence-electron chi connectivity index (χ4n) is 2.51. The molecule has 2 rings (SSSR count). The minimum absolute atomic E-state index is 0.0304. The van der Waals surface area contributed by atoms with Gasteiger partial charge in [0.05, 0.1) is 5.56 Å². The zero-order valence-electron chi connectivity index (χ0n) is 11.9. The van der Waals surface area contributed by atoms with Crippen LogP contribution in [0, 0.1) is 6.92 Å². The molecule has 0 aromatic carbocycles. The van der Waals surface area contributed by atoms with Crippen molar-refractivity contribution < 1.29 is 4.79 Å². The van der Waals surface area contributed by atoms with E-state index < -0.39 is 0 Å². The molecular weight excluding hydrogens is 238 g/mol. The van der Waals surface area contributed by atoms with E-state index in [1.165, 1.54) is 19.3 Å². The predicted molar refractivity (Wildman–Crippen MR) is 76.2 cm³/mol. The van der Waals surface area contributed by atoms with Crippen LogP contribution in [0.4, 0.5) is 0 Å². The molecule has 1 fully saturated rings. The van der Waals surface area contributed by atoms with E-state index in [0.29, 0.717) is 18.2 Å². The van der Waals surface area contributed by atoms with Crippen LogP contribution in [0.1, 0.15) is 42.2 Å². The Morgan fingerprint density at radius 3 is 3.00 bits per heavy atom. The maximum Gasteiger partial charge on any atom is 0.252 e. The molecule has 1 N–H and O–H groups in total. The summed E-state index contributed by atoms with van der Waals surface area (Å²) in [6.45, 7) is 6.98. The van der Waals surface area contributed by atoms with Gasteiger partial charge in [-0.1, -0.05) is 6.42 Å². The molecule has 1 aromatic heterocycles. The highest BCUT2D eigenvalue weighted by molar-refractivity contribution is 5.93. The highest BCUT2D eigenvalue weighted by Crippen LogP contribution is 2.15. The van der Waals surface area contributed by atoms with Crippen LogP contribution in [0.2, 0.25) is 0 Å². The van der Waals surface area contributed by atoms with Crippen LogP contribution in [0.5, 0.6) is 0 Å². The number of aromatic nitrogens is 1. The number of aryl methyl sites for hydroxylation is 1. The first kappa shape index (κ1) is 14.0. The van der Waals surface area contributed by atoms with Crippen molar-refractivity contribution in [2.24, 2.45) is 0 Å². The molecule has 2 heterocycles. The smallest absolute Gasteiger partial charge is 0.252 e. The molecule has 0 aliphatic carbocycles. The van der Waals surface area contributed by atoms with Gasteiger partial charge in [0.15, 0.2) is 0 Å². The van der Waals surface area contributed by atoms with Gasteiger partial charge in [-0.3, -0.25) is 14.7 Å². The summed E-state index contributed by atoms with van der Waals surface area (Å²) in [5.41, 5.74) is 1.57. The van der Waals surface area contributed by atoms with Crippen LogP contribution in [0.25, 0.3) is 0 Å². The van der Waals surface area contributed by atoms with Gasteiger partial charge in [-0.25, -0.2) is 0 Å². The lowest BCUT2D eigenvalue weighted by Gasteiger charge is -2.33. The molecule has 1 aliphatic heterocycles. The summed E-state index contributed by atoms with van der Waals surface area (Å²) in [6, 6.07) is 4.33. The first-order chi connectivity index (χ1) is 9.16. The molecule has 0 bridgehead atoms. The zero-order chi connectivity index (χ0) is 13.7. The van der Waals surface area contributed by atoms with Crippen LogP contribution >= 0.6 is 0 Å². The Hall–Kier alpha value is -1.42. The Morgan fingerprint density at radius 1 is 1.47 bits per heavy atom. The van der Waals surface area contributed by atoms with Crippen molar-refractivity contribution >= 4 is 5.91 Å². The molecule has 0 saturated carbocycles. The third kappa shape index (κ3) is 4.03. The SMILES string of the molecule is Cc1ccc(C(=O)NCCN2CCCC[C@@H]2C)cn1. The molecule has 4 heteroatoms. The van der Waals surface area contributed by atoms with E-state index in [9.17, 15) is 4.79 Å². The highest BCUT2D eigenvalue weighted by Gasteiger charge is 2.17. The molecule has 0 unspecified atom stereocenters. The van der Waals surface area contributed by atoms with Gasteiger partial charge in [0.1, 0.15) is 0 Å². The van der Waals surface area contributed by atoms with Crippen molar-refractivity contribution in [1.29, 1.82) is 0 Å². The molecular formula is C15H23N3O. The highest BCUT2D eigenvalue weighted by atomic mass is 16.1. The average Bonchev–Trinajstić information content (AvgIpc) is 2.41. The molecule has 1 aliphatic rings. The van der Waals surface area contributed by atoms with Crippen molar-refractivity contribution in [3.63, 3.8) is 0 Å². The summed E-state index contributed by atoms with van der Waals surface area (Å²) in [6.07, 6.45) is 5.52. The standard InChI is InChI=1S/C15H23N3O/c1-12-6-7-14(11-17-12)15(19)16-8-10-18-9-4-3-5-13(18)2/h6-7,11,13H,3-5,8-10H2,1-2H3,(H,16,19)/t13-/m0/s1. The van der Waals surface area contributed by atoms with Gasteiger partial charge in [-0.2, -0.15) is 0 Å². The lowest BCUT2D eigenvalue weighted by Crippen LogP contribution is -2.42. The first-order valence-corrected chi connectivity index (χ1v) is 7.12. The summed E-state index contributed by atoms with van der Waals surface area (Å²) in [5.74, 6) is -0.0304. The van der Waals surface area contributed by atoms with Crippen molar-refractivity contribution in [3.8, 4) is 0 Å². The second kappa shape index (κ2) is 6.66. The van der Waals surface area contributed by atoms with Gasteiger partial charge in [0.25, 0.3) is 5.91 Å². The lowest BCUT2D eigenvalue weighted by atomic mass is 10.0. The fraction of sp³-hybridized carbons (Fsp3) is 0.600. The molecule has 1 atom stereocenters. The van der Waals surface area contributed by atoms with Crippen LogP contribution in [-0.2, 0) is 0 Å². The van der Waals surface area contributed by atoms with Crippen LogP contribution < -0.4 is 5.32 Å². The predicted octanol–water partition coefficient (Wildman–Crippen LogP) is 1.99. The molecule has 0 spiro atoms. The first-order valence-electron chi connectivity index (χ1n) is 7.12. The quantitative estimate of drug-likeness (QED) is 0.901. The number of nitrogens with zero attached hydrogens (tertiary/aromatic N) is 2. The lowest BCUT2D eigenvalue weighted by molar-refractivity contribution is 0.0938. The number of rotatable bonds is 4. The molecule has 104 valence electrons. The Balaban J connectivity index is 1.76. The Kier molecular flexibility index (Phi) is 4.91. The van der Waals surface area contributed by atoms with Crippen LogP contribution in [0.15, 0.2) is 18.3 Å². The maximum absolute atomic E-state index is 11.9. The molecule has 1 aromatic rings. The number of carbonyl (C=O) groups is 1. The van der Waals surface area contributed by atoms with Crippen LogP contribution in [0.3, 0.4) is 0 Å². The number of carbonyl (C=O) groups excluding carboxylic acids is 1. The van der Waals surface area contributed by atoms with E-state index in [0.717, 1.165) is 18.8 Å². The summed E-state index contributed by atoms with van der Waals surface area (Å²) < 4.78 is 0. The van der Waals surface area contributed by atoms with Gasteiger partial charge < -0.3 is 5.32 Å². The third-order valence-corrected chi connectivity index (χ3v) is 3.80. The van der Waals surface area contributed by atoms with Gasteiger partial charge in [0, 0.05) is 31.0 Å². The summed E-state index contributed by atoms with van der Waals surface area (Å²) in [5, 5.41) is 2.97. The Labute approximate surface area is 115 Å². The number of likely N-dealkylation sites (tertiary alicyclic amines) is 1. The average molecular weight is 261 g/mol. The minimum Gasteiger partial charge on any atom is -0.351 e. The Morgan fingerprint density at radius 2 is 2.32 bits per heavy atom. The van der Waals surface area contributed by atoms with E-state index in [2.05, 4.69) is 22.1 Å². The Bertz CT molecular complexity index is 416. The molecule has 4 nitrogen and oxygen atoms in total. The van der Waals surface area contributed by atoms with Gasteiger partial charge in [-0.15, -0.1) is 0 Å². The van der Waals surface area contributed by atoms with E-state index in [-0.39, 0.29) is 5.91 Å². The maximum atomic E-state index is 11.9. The van der Waals surface area contributed by atoms with Gasteiger partial charge in [0.2, 0.25) is 0 Å². The van der Waals surface area contributed by atoms with Crippen molar-refractivity contribution in [3.05, 3.63) is 29.6 Å². The van der Waals surface area contributed by atoms with E-state index in [4.69, 9.17) is 0 Å². The number of amides is 1. The number of hydrogen-bond acceptors (Lipinski definition) is 3. The van der Waals surface area contributed by atoms with Crippen LogP contribution in [-0.4, -0.2) is 41.5 Å². The van der Waals surface area contributed by atoms with Crippen molar-refractivity contribution in [2.75, 3.05) is 19.6 Å². The van der Waals surface area contributed by atoms with Gasteiger partial charge in [-0.05, 0) is 45.4 Å².